The van der Waals surface area contributed by atoms with Crippen molar-refractivity contribution < 1.29 is 50.9 Å². The van der Waals surface area contributed by atoms with Gasteiger partial charge in [-0.1, -0.05) is 24.0 Å². The number of thiocarbonyl (C=S) groups is 1. The van der Waals surface area contributed by atoms with Gasteiger partial charge in [0.25, 0.3) is 5.91 Å². The molecule has 0 radical (unpaired) electrons. The number of piperidine rings is 1. The van der Waals surface area contributed by atoms with Crippen LogP contribution in [-0.2, 0) is 26.7 Å². The molecule has 4 rings (SSSR count). The van der Waals surface area contributed by atoms with Crippen molar-refractivity contribution in [3.8, 4) is 11.1 Å². The number of carbonyl (C=O) groups is 3. The minimum atomic E-state index is -4.99. The predicted molar refractivity (Wildman–Crippen MR) is 143 cm³/mol. The van der Waals surface area contributed by atoms with Crippen LogP contribution in [0.2, 0.25) is 0 Å². The lowest BCUT2D eigenvalue weighted by atomic mass is 9.94. The van der Waals surface area contributed by atoms with E-state index in [1.54, 1.807) is 0 Å². The van der Waals surface area contributed by atoms with Crippen LogP contribution in [0, 0.1) is 5.92 Å². The Labute approximate surface area is 242 Å². The molecule has 2 aromatic rings. The lowest BCUT2D eigenvalue weighted by molar-refractivity contribution is -0.151. The lowest BCUT2D eigenvalue weighted by Crippen LogP contribution is -2.49. The average Bonchev–Trinajstić information content (AvgIpc) is 3.45. The maximum atomic E-state index is 13.2. The number of thiophene rings is 1. The zero-order valence-electron chi connectivity index (χ0n) is 20.7. The number of carboxylic acid groups (broad SMARTS) is 1. The van der Waals surface area contributed by atoms with Crippen molar-refractivity contribution in [2.24, 2.45) is 5.92 Å². The van der Waals surface area contributed by atoms with E-state index in [2.05, 4.69) is 0 Å². The van der Waals surface area contributed by atoms with Gasteiger partial charge < -0.3 is 15.1 Å². The molecule has 2 atom stereocenters. The molecule has 41 heavy (non-hydrogen) atoms. The molecule has 0 bridgehead atoms. The Kier molecular flexibility index (Phi) is 8.87. The average molecular weight is 639 g/mol. The van der Waals surface area contributed by atoms with Gasteiger partial charge in [0.05, 0.1) is 22.1 Å². The van der Waals surface area contributed by atoms with E-state index in [1.807, 2.05) is 0 Å². The van der Waals surface area contributed by atoms with E-state index < -0.39 is 53.3 Å². The summed E-state index contributed by atoms with van der Waals surface area (Å²) in [6.07, 6.45) is -9.67. The molecule has 7 nitrogen and oxygen atoms in total. The first-order chi connectivity index (χ1) is 19.0. The van der Waals surface area contributed by atoms with Crippen molar-refractivity contribution in [3.05, 3.63) is 50.6 Å². The summed E-state index contributed by atoms with van der Waals surface area (Å²) in [5.41, 5.74) is -3.07. The second kappa shape index (κ2) is 11.7. The van der Waals surface area contributed by atoms with E-state index in [0.29, 0.717) is 17.0 Å². The molecule has 1 aromatic carbocycles. The summed E-state index contributed by atoms with van der Waals surface area (Å²) >= 11 is 7.18. The number of alkyl halides is 6. The van der Waals surface area contributed by atoms with Crippen molar-refractivity contribution in [3.63, 3.8) is 0 Å². The molecular formula is C25H20F6N2O5S3. The quantitative estimate of drug-likeness (QED) is 0.251. The zero-order valence-corrected chi connectivity index (χ0v) is 23.1. The molecule has 2 N–H and O–H groups in total. The number of carboxylic acids is 1. The van der Waals surface area contributed by atoms with Crippen LogP contribution in [0.4, 0.5) is 26.3 Å². The Morgan fingerprint density at radius 1 is 1.05 bits per heavy atom. The first kappa shape index (κ1) is 31.0. The fourth-order valence-corrected chi connectivity index (χ4v) is 6.52. The molecule has 1 aromatic heterocycles. The fourth-order valence-electron chi connectivity index (χ4n) is 4.30. The smallest absolute Gasteiger partial charge is 0.416 e. The Hall–Kier alpha value is -2.95. The van der Waals surface area contributed by atoms with E-state index in [-0.39, 0.29) is 58.9 Å². The maximum absolute atomic E-state index is 13.2. The monoisotopic (exact) mass is 638 g/mol. The number of nitrogens with zero attached hydrogens (tertiary/aromatic N) is 2. The lowest BCUT2D eigenvalue weighted by Gasteiger charge is -2.34. The molecule has 3 heterocycles. The SMILES string of the molecule is O=C(O)[C@H]1CN(C(=O)CCN2C(=O)/C(=C/c3cc(-c4cc(C(F)(F)F)cc(C(F)(F)F)c4)cs3)SC2=S)CC[C@H]1O. The van der Waals surface area contributed by atoms with Crippen LogP contribution in [-0.4, -0.2) is 67.9 Å². The largest absolute Gasteiger partial charge is 0.481 e. The van der Waals surface area contributed by atoms with Crippen molar-refractivity contribution in [1.29, 1.82) is 0 Å². The topological polar surface area (TPSA) is 98.2 Å². The van der Waals surface area contributed by atoms with Crippen LogP contribution in [0.5, 0.6) is 0 Å². The molecule has 16 heteroatoms. The first-order valence-corrected chi connectivity index (χ1v) is 14.0. The third kappa shape index (κ3) is 7.10. The zero-order chi connectivity index (χ0) is 30.3. The van der Waals surface area contributed by atoms with Crippen molar-refractivity contribution in [2.45, 2.75) is 31.3 Å². The molecule has 2 amide bonds. The molecule has 0 unspecified atom stereocenters. The van der Waals surface area contributed by atoms with E-state index in [4.69, 9.17) is 12.2 Å². The van der Waals surface area contributed by atoms with Gasteiger partial charge in [-0.3, -0.25) is 19.3 Å². The second-order valence-electron chi connectivity index (χ2n) is 9.26. The van der Waals surface area contributed by atoms with Gasteiger partial charge in [-0.05, 0) is 53.3 Å². The molecule has 2 aliphatic rings. The molecule has 0 spiro atoms. The Bertz CT molecular complexity index is 1390. The predicted octanol–water partition coefficient (Wildman–Crippen LogP) is 5.34. The van der Waals surface area contributed by atoms with Gasteiger partial charge in [0.15, 0.2) is 0 Å². The molecule has 0 aliphatic carbocycles. The number of amides is 2. The highest BCUT2D eigenvalue weighted by molar-refractivity contribution is 8.26. The number of aliphatic hydroxyl groups excluding tert-OH is 1. The standard InChI is InChI=1S/C25H20F6N2O5S3/c26-24(27,28)14-5-12(6-15(8-14)25(29,30)31)13-7-16(40-11-13)9-19-21(36)33(23(39)41-19)4-2-20(35)32-3-1-18(34)17(10-32)22(37)38/h5-9,11,17-18,34H,1-4,10H2,(H,37,38)/b19-9-/t17-,18+/m0/s1. The fraction of sp³-hybridized carbons (Fsp3) is 0.360. The van der Waals surface area contributed by atoms with Crippen molar-refractivity contribution in [2.75, 3.05) is 19.6 Å². The minimum Gasteiger partial charge on any atom is -0.481 e. The van der Waals surface area contributed by atoms with Gasteiger partial charge in [-0.15, -0.1) is 11.3 Å². The highest BCUT2D eigenvalue weighted by Gasteiger charge is 2.38. The number of likely N-dealkylation sites (tertiary alicyclic amines) is 1. The highest BCUT2D eigenvalue weighted by Crippen LogP contribution is 2.40. The van der Waals surface area contributed by atoms with Gasteiger partial charge >= 0.3 is 18.3 Å². The summed E-state index contributed by atoms with van der Waals surface area (Å²) in [5.74, 6) is -3.27. The molecule has 2 saturated heterocycles. The minimum absolute atomic E-state index is 0.0476. The summed E-state index contributed by atoms with van der Waals surface area (Å²) in [6.45, 7) is -0.0818. The third-order valence-corrected chi connectivity index (χ3v) is 8.74. The summed E-state index contributed by atoms with van der Waals surface area (Å²) in [4.78, 5) is 39.9. The number of aliphatic carboxylic acids is 1. The Morgan fingerprint density at radius 3 is 2.27 bits per heavy atom. The second-order valence-corrected chi connectivity index (χ2v) is 11.9. The molecule has 0 saturated carbocycles. The van der Waals surface area contributed by atoms with Crippen LogP contribution in [0.3, 0.4) is 0 Å². The number of thioether (sulfide) groups is 1. The van der Waals surface area contributed by atoms with Crippen molar-refractivity contribution >= 4 is 63.5 Å². The maximum Gasteiger partial charge on any atom is 0.416 e. The highest BCUT2D eigenvalue weighted by atomic mass is 32.2. The van der Waals surface area contributed by atoms with E-state index in [9.17, 15) is 50.9 Å². The summed E-state index contributed by atoms with van der Waals surface area (Å²) in [7, 11) is 0. The molecule has 2 fully saturated rings. The van der Waals surface area contributed by atoms with Crippen LogP contribution in [0.1, 0.15) is 28.8 Å². The van der Waals surface area contributed by atoms with E-state index in [0.717, 1.165) is 23.1 Å². The number of halogens is 6. The van der Waals surface area contributed by atoms with Gasteiger partial charge in [0.2, 0.25) is 5.91 Å². The van der Waals surface area contributed by atoms with E-state index >= 15 is 0 Å². The Balaban J connectivity index is 1.46. The number of hydrogen-bond acceptors (Lipinski definition) is 7. The summed E-state index contributed by atoms with van der Waals surface area (Å²) in [6, 6.07) is 2.66. The number of benzene rings is 1. The first-order valence-electron chi connectivity index (χ1n) is 11.9. The summed E-state index contributed by atoms with van der Waals surface area (Å²) < 4.78 is 79.6. The summed E-state index contributed by atoms with van der Waals surface area (Å²) in [5, 5.41) is 20.4. The number of rotatable bonds is 6. The number of hydrogen-bond donors (Lipinski definition) is 2. The normalized spacial score (nSPS) is 21.2. The molecule has 220 valence electrons. The van der Waals surface area contributed by atoms with Crippen LogP contribution in [0.25, 0.3) is 17.2 Å². The third-order valence-electron chi connectivity index (χ3n) is 6.48. The van der Waals surface area contributed by atoms with Gasteiger partial charge in [0, 0.05) is 30.9 Å². The van der Waals surface area contributed by atoms with Crippen LogP contribution in [0.15, 0.2) is 34.6 Å². The van der Waals surface area contributed by atoms with Gasteiger partial charge in [0.1, 0.15) is 10.2 Å². The van der Waals surface area contributed by atoms with Gasteiger partial charge in [-0.2, -0.15) is 26.3 Å². The van der Waals surface area contributed by atoms with Crippen molar-refractivity contribution in [1.82, 2.24) is 9.80 Å². The van der Waals surface area contributed by atoms with Crippen LogP contribution >= 0.6 is 35.3 Å². The molecular weight excluding hydrogens is 618 g/mol. The van der Waals surface area contributed by atoms with Gasteiger partial charge in [-0.25, -0.2) is 0 Å². The Morgan fingerprint density at radius 2 is 1.68 bits per heavy atom. The number of carbonyl (C=O) groups excluding carboxylic acids is 2. The van der Waals surface area contributed by atoms with E-state index in [1.165, 1.54) is 27.3 Å². The number of aliphatic hydroxyl groups is 1. The van der Waals surface area contributed by atoms with Crippen LogP contribution < -0.4 is 0 Å². The molecule has 2 aliphatic heterocycles.